The van der Waals surface area contributed by atoms with Crippen molar-refractivity contribution in [2.45, 2.75) is 18.1 Å². The van der Waals surface area contributed by atoms with Gasteiger partial charge in [0, 0.05) is 32.7 Å². The second kappa shape index (κ2) is 8.04. The first-order valence-electron chi connectivity index (χ1n) is 9.32. The third-order valence-corrected chi connectivity index (χ3v) is 5.58. The van der Waals surface area contributed by atoms with Crippen LogP contribution in [0.5, 0.6) is 0 Å². The first-order chi connectivity index (χ1) is 14.7. The fraction of sp³-hybridized carbons (Fsp3) is 0.600. The number of aryl methyl sites for hydroxylation is 1. The lowest BCUT2D eigenvalue weighted by Crippen LogP contribution is -2.57. The molecule has 0 radical (unpaired) electrons. The van der Waals surface area contributed by atoms with E-state index in [2.05, 4.69) is 30.5 Å². The molecule has 3 amide bonds. The zero-order valence-electron chi connectivity index (χ0n) is 16.7. The van der Waals surface area contributed by atoms with Crippen LogP contribution < -0.4 is 16.1 Å². The number of nitrogens with one attached hydrogen (secondary N) is 3. The molecular formula is C15H22N8O7S. The van der Waals surface area contributed by atoms with Gasteiger partial charge in [0.15, 0.2) is 6.61 Å². The van der Waals surface area contributed by atoms with Gasteiger partial charge in [0.1, 0.15) is 17.9 Å². The fourth-order valence-corrected chi connectivity index (χ4v) is 4.13. The maximum Gasteiger partial charge on any atom is 0.418 e. The summed E-state index contributed by atoms with van der Waals surface area (Å²) < 4.78 is 37.5. The summed E-state index contributed by atoms with van der Waals surface area (Å²) in [6, 6.07) is -2.33. The fourth-order valence-electron chi connectivity index (χ4n) is 3.76. The number of hydroxylamine groups is 3. The summed E-state index contributed by atoms with van der Waals surface area (Å²) >= 11 is 0. The molecule has 16 heteroatoms. The Labute approximate surface area is 177 Å². The van der Waals surface area contributed by atoms with Gasteiger partial charge >= 0.3 is 16.4 Å². The van der Waals surface area contributed by atoms with Crippen LogP contribution in [-0.2, 0) is 31.4 Å². The molecule has 2 fully saturated rings. The average molecular weight is 458 g/mol. The largest absolute Gasteiger partial charge is 0.418 e. The first kappa shape index (κ1) is 21.4. The van der Waals surface area contributed by atoms with Gasteiger partial charge in [-0.2, -0.15) is 18.6 Å². The number of carbonyl (C=O) groups excluding carboxylic acids is 2. The normalized spacial score (nSPS) is 23.6. The van der Waals surface area contributed by atoms with E-state index >= 15 is 0 Å². The molecule has 0 unspecified atom stereocenters. The van der Waals surface area contributed by atoms with Gasteiger partial charge in [-0.15, -0.1) is 4.28 Å². The number of aromatic nitrogens is 2. The van der Waals surface area contributed by atoms with Gasteiger partial charge < -0.3 is 15.5 Å². The zero-order valence-corrected chi connectivity index (χ0v) is 17.5. The molecule has 4 heterocycles. The molecule has 4 N–H and O–H groups in total. The van der Waals surface area contributed by atoms with Gasteiger partial charge in [0.25, 0.3) is 0 Å². The van der Waals surface area contributed by atoms with E-state index in [-0.39, 0.29) is 30.9 Å². The highest BCUT2D eigenvalue weighted by molar-refractivity contribution is 7.80. The van der Waals surface area contributed by atoms with Gasteiger partial charge in [0.2, 0.25) is 5.91 Å². The minimum absolute atomic E-state index is 0.0631. The predicted molar refractivity (Wildman–Crippen MR) is 103 cm³/mol. The standard InChI is InChI=1S/C15H22N8O7S/c1-16-14(20-29-7-11(24)19-8-3-17-4-8)13-12-9(5-18-21(12)2)10-6-22(13)15(25)23(10)30-31(26,27)28/h5,8,10,13,17H,3-4,6-7H2,1-2H3,(H,16,20)(H,19,24)(H,26,27,28)/t10-,13+/m1/s1. The summed E-state index contributed by atoms with van der Waals surface area (Å²) in [5.41, 5.74) is 3.69. The smallest absolute Gasteiger partial charge is 0.349 e. The third kappa shape index (κ3) is 4.07. The van der Waals surface area contributed by atoms with Crippen LogP contribution in [0.15, 0.2) is 11.2 Å². The topological polar surface area (TPSA) is 180 Å². The van der Waals surface area contributed by atoms with Gasteiger partial charge in [-0.1, -0.05) is 0 Å². The maximum atomic E-state index is 12.8. The SMILES string of the molecule is CN=C(NOCC(=O)NC1CNC1)[C@@H]1c2c(cnn2C)[C@H]2CN1C(=O)N2OS(=O)(=O)O. The van der Waals surface area contributed by atoms with E-state index in [1.807, 2.05) is 0 Å². The van der Waals surface area contributed by atoms with Crippen molar-refractivity contribution in [3.63, 3.8) is 0 Å². The number of hydrogen-bond acceptors (Lipinski definition) is 9. The summed E-state index contributed by atoms with van der Waals surface area (Å²) in [6.45, 7) is 1.18. The quantitative estimate of drug-likeness (QED) is 0.149. The molecule has 0 aromatic carbocycles. The number of aliphatic imine (C=N–C) groups is 1. The Morgan fingerprint density at radius 2 is 2.19 bits per heavy atom. The molecule has 0 aliphatic carbocycles. The van der Waals surface area contributed by atoms with Crippen LogP contribution in [0, 0.1) is 0 Å². The molecule has 170 valence electrons. The van der Waals surface area contributed by atoms with E-state index in [1.54, 1.807) is 7.05 Å². The number of hydrogen-bond donors (Lipinski definition) is 4. The minimum atomic E-state index is -4.92. The third-order valence-electron chi connectivity index (χ3n) is 5.23. The second-order valence-electron chi connectivity index (χ2n) is 7.21. The molecule has 3 aliphatic rings. The van der Waals surface area contributed by atoms with Crippen molar-refractivity contribution in [2.24, 2.45) is 12.0 Å². The van der Waals surface area contributed by atoms with Crippen molar-refractivity contribution < 1.29 is 31.7 Å². The second-order valence-corrected chi connectivity index (χ2v) is 8.22. The predicted octanol–water partition coefficient (Wildman–Crippen LogP) is -2.37. The van der Waals surface area contributed by atoms with Crippen molar-refractivity contribution in [2.75, 3.05) is 33.3 Å². The van der Waals surface area contributed by atoms with Crippen LogP contribution in [0.4, 0.5) is 4.79 Å². The van der Waals surface area contributed by atoms with Crippen LogP contribution in [0.1, 0.15) is 23.3 Å². The highest BCUT2D eigenvalue weighted by Gasteiger charge is 2.53. The molecule has 4 rings (SSSR count). The Balaban J connectivity index is 1.52. The van der Waals surface area contributed by atoms with Crippen molar-refractivity contribution in [1.82, 2.24) is 35.9 Å². The van der Waals surface area contributed by atoms with Crippen molar-refractivity contribution in [3.05, 3.63) is 17.5 Å². The summed E-state index contributed by atoms with van der Waals surface area (Å²) in [5, 5.41) is 10.6. The van der Waals surface area contributed by atoms with E-state index in [0.717, 1.165) is 0 Å². The Bertz CT molecular complexity index is 1020. The van der Waals surface area contributed by atoms with Crippen LogP contribution in [0.2, 0.25) is 0 Å². The Morgan fingerprint density at radius 3 is 2.81 bits per heavy atom. The molecular weight excluding hydrogens is 436 g/mol. The first-order valence-corrected chi connectivity index (χ1v) is 10.7. The van der Waals surface area contributed by atoms with Gasteiger partial charge in [-0.3, -0.25) is 29.3 Å². The molecule has 1 aromatic rings. The number of urea groups is 1. The van der Waals surface area contributed by atoms with E-state index < -0.39 is 28.5 Å². The Hall–Kier alpha value is -2.79. The highest BCUT2D eigenvalue weighted by Crippen LogP contribution is 2.44. The molecule has 15 nitrogen and oxygen atoms in total. The van der Waals surface area contributed by atoms with Crippen molar-refractivity contribution >= 4 is 28.2 Å². The van der Waals surface area contributed by atoms with Gasteiger partial charge in [0.05, 0.1) is 24.5 Å². The van der Waals surface area contributed by atoms with E-state index in [9.17, 15) is 18.0 Å². The summed E-state index contributed by atoms with van der Waals surface area (Å²) in [7, 11) is -1.79. The lowest BCUT2D eigenvalue weighted by Gasteiger charge is -2.32. The van der Waals surface area contributed by atoms with Crippen molar-refractivity contribution in [1.29, 1.82) is 0 Å². The molecule has 2 saturated heterocycles. The number of amides is 3. The Kier molecular flexibility index (Phi) is 5.56. The zero-order chi connectivity index (χ0) is 22.3. The van der Waals surface area contributed by atoms with Crippen molar-refractivity contribution in [3.8, 4) is 0 Å². The number of amidine groups is 1. The van der Waals surface area contributed by atoms with Crippen LogP contribution in [0.25, 0.3) is 0 Å². The lowest BCUT2D eigenvalue weighted by molar-refractivity contribution is -0.128. The highest BCUT2D eigenvalue weighted by atomic mass is 32.3. The van der Waals surface area contributed by atoms with Crippen LogP contribution in [0.3, 0.4) is 0 Å². The molecule has 31 heavy (non-hydrogen) atoms. The lowest BCUT2D eigenvalue weighted by atomic mass is 9.97. The average Bonchev–Trinajstić information content (AvgIpc) is 3.17. The molecule has 2 atom stereocenters. The van der Waals surface area contributed by atoms with E-state index in [4.69, 9.17) is 9.39 Å². The number of nitrogens with zero attached hydrogens (tertiary/aromatic N) is 5. The molecule has 3 aliphatic heterocycles. The summed E-state index contributed by atoms with van der Waals surface area (Å²) in [5.74, 6) is -0.118. The number of rotatable bonds is 7. The van der Waals surface area contributed by atoms with Crippen LogP contribution >= 0.6 is 0 Å². The van der Waals surface area contributed by atoms with E-state index in [0.29, 0.717) is 29.4 Å². The molecule has 2 bridgehead atoms. The van der Waals surface area contributed by atoms with Gasteiger partial charge in [-0.25, -0.2) is 4.79 Å². The Morgan fingerprint density at radius 1 is 1.45 bits per heavy atom. The molecule has 0 saturated carbocycles. The monoisotopic (exact) mass is 458 g/mol. The number of fused-ring (bicyclic) bond motifs is 4. The van der Waals surface area contributed by atoms with Crippen LogP contribution in [-0.4, -0.2) is 89.8 Å². The summed E-state index contributed by atoms with van der Waals surface area (Å²) in [4.78, 5) is 35.5. The maximum absolute atomic E-state index is 12.8. The van der Waals surface area contributed by atoms with Gasteiger partial charge in [-0.05, 0) is 0 Å². The molecule has 1 aromatic heterocycles. The molecule has 0 spiro atoms. The summed E-state index contributed by atoms with van der Waals surface area (Å²) in [6.07, 6.45) is 1.48. The number of carbonyl (C=O) groups is 2. The van der Waals surface area contributed by atoms with E-state index in [1.165, 1.54) is 22.8 Å². The minimum Gasteiger partial charge on any atom is -0.349 e.